The number of nitrogens with zero attached hydrogens (tertiary/aromatic N) is 3. The molecule has 2 aromatic heterocycles. The molecule has 0 saturated carbocycles. The first-order chi connectivity index (χ1) is 11.1. The first-order valence-electron chi connectivity index (χ1n) is 6.91. The molecule has 0 bridgehead atoms. The van der Waals surface area contributed by atoms with Gasteiger partial charge >= 0.3 is 0 Å². The number of carbonyl (C=O) groups is 1. The smallest absolute Gasteiger partial charge is 0.259 e. The molecule has 3 rings (SSSR count). The lowest BCUT2D eigenvalue weighted by Gasteiger charge is -2.03. The fourth-order valence-corrected chi connectivity index (χ4v) is 2.94. The largest absolute Gasteiger partial charge is 0.296 e. The number of amides is 1. The van der Waals surface area contributed by atoms with Crippen molar-refractivity contribution in [1.82, 2.24) is 15.2 Å². The summed E-state index contributed by atoms with van der Waals surface area (Å²) in [7, 11) is 0. The highest BCUT2D eigenvalue weighted by molar-refractivity contribution is 7.15. The highest BCUT2D eigenvalue weighted by Gasteiger charge is 2.12. The van der Waals surface area contributed by atoms with Gasteiger partial charge in [-0.25, -0.2) is 0 Å². The van der Waals surface area contributed by atoms with E-state index in [9.17, 15) is 4.79 Å². The van der Waals surface area contributed by atoms with Gasteiger partial charge in [0.15, 0.2) is 0 Å². The van der Waals surface area contributed by atoms with Crippen LogP contribution in [0.3, 0.4) is 0 Å². The van der Waals surface area contributed by atoms with Gasteiger partial charge in [-0.1, -0.05) is 35.1 Å². The van der Waals surface area contributed by atoms with E-state index in [1.807, 2.05) is 24.3 Å². The zero-order valence-electron chi connectivity index (χ0n) is 12.3. The monoisotopic (exact) mass is 344 g/mol. The number of anilines is 1. The molecular formula is C16H13ClN4OS. The lowest BCUT2D eigenvalue weighted by atomic mass is 10.2. The number of halogens is 1. The molecule has 1 N–H and O–H groups in total. The maximum Gasteiger partial charge on any atom is 0.259 e. The van der Waals surface area contributed by atoms with E-state index in [4.69, 9.17) is 11.6 Å². The fourth-order valence-electron chi connectivity index (χ4n) is 2.04. The summed E-state index contributed by atoms with van der Waals surface area (Å²) in [4.78, 5) is 16.3. The Morgan fingerprint density at radius 2 is 2.00 bits per heavy atom. The molecule has 0 aliphatic rings. The Hall–Kier alpha value is -2.31. The summed E-state index contributed by atoms with van der Waals surface area (Å²) >= 11 is 7.22. The molecule has 116 valence electrons. The molecule has 0 spiro atoms. The van der Waals surface area contributed by atoms with Gasteiger partial charge in [-0.05, 0) is 36.8 Å². The molecule has 5 nitrogen and oxygen atoms in total. The van der Waals surface area contributed by atoms with Crippen molar-refractivity contribution in [3.63, 3.8) is 0 Å². The van der Waals surface area contributed by atoms with Crippen LogP contribution in [0.5, 0.6) is 0 Å². The van der Waals surface area contributed by atoms with Crippen molar-refractivity contribution in [3.05, 3.63) is 69.4 Å². The van der Waals surface area contributed by atoms with Crippen LogP contribution in [0.1, 0.15) is 26.6 Å². The number of aryl methyl sites for hydroxylation is 1. The quantitative estimate of drug-likeness (QED) is 0.782. The molecule has 1 amide bonds. The Morgan fingerprint density at radius 1 is 1.22 bits per heavy atom. The van der Waals surface area contributed by atoms with Gasteiger partial charge in [0.1, 0.15) is 5.01 Å². The van der Waals surface area contributed by atoms with Gasteiger partial charge in [0.2, 0.25) is 5.13 Å². The third-order valence-electron chi connectivity index (χ3n) is 3.21. The van der Waals surface area contributed by atoms with Crippen molar-refractivity contribution in [2.75, 3.05) is 5.32 Å². The van der Waals surface area contributed by atoms with E-state index in [0.29, 0.717) is 27.8 Å². The van der Waals surface area contributed by atoms with Gasteiger partial charge in [0, 0.05) is 23.3 Å². The van der Waals surface area contributed by atoms with Gasteiger partial charge < -0.3 is 0 Å². The van der Waals surface area contributed by atoms with Gasteiger partial charge in [0.25, 0.3) is 5.91 Å². The lowest BCUT2D eigenvalue weighted by Crippen LogP contribution is -2.13. The molecule has 0 aliphatic carbocycles. The van der Waals surface area contributed by atoms with Gasteiger partial charge in [-0.15, -0.1) is 10.2 Å². The summed E-state index contributed by atoms with van der Waals surface area (Å²) in [6.07, 6.45) is 2.30. The van der Waals surface area contributed by atoms with Crippen molar-refractivity contribution in [1.29, 1.82) is 0 Å². The van der Waals surface area contributed by atoms with Crippen LogP contribution in [0.4, 0.5) is 5.13 Å². The Labute approximate surface area is 142 Å². The molecule has 2 heterocycles. The topological polar surface area (TPSA) is 67.8 Å². The molecule has 0 aliphatic heterocycles. The van der Waals surface area contributed by atoms with Crippen LogP contribution >= 0.6 is 22.9 Å². The minimum atomic E-state index is -0.232. The molecule has 0 fully saturated rings. The number of benzene rings is 1. The summed E-state index contributed by atoms with van der Waals surface area (Å²) in [5, 5.41) is 12.9. The van der Waals surface area contributed by atoms with E-state index < -0.39 is 0 Å². The van der Waals surface area contributed by atoms with Crippen LogP contribution < -0.4 is 5.32 Å². The lowest BCUT2D eigenvalue weighted by molar-refractivity contribution is 0.102. The molecule has 0 saturated heterocycles. The third-order valence-corrected chi connectivity index (χ3v) is 4.30. The second-order valence-corrected chi connectivity index (χ2v) is 6.39. The van der Waals surface area contributed by atoms with Crippen LogP contribution in [0, 0.1) is 6.92 Å². The highest BCUT2D eigenvalue weighted by atomic mass is 35.5. The minimum absolute atomic E-state index is 0.232. The molecule has 0 radical (unpaired) electrons. The number of carbonyl (C=O) groups excluding carboxylic acids is 1. The summed E-state index contributed by atoms with van der Waals surface area (Å²) in [6, 6.07) is 11.0. The van der Waals surface area contributed by atoms with Crippen LogP contribution in [-0.4, -0.2) is 21.1 Å². The minimum Gasteiger partial charge on any atom is -0.296 e. The summed E-state index contributed by atoms with van der Waals surface area (Å²) in [5.41, 5.74) is 2.30. The molecule has 7 heteroatoms. The molecular weight excluding hydrogens is 332 g/mol. The first-order valence-corrected chi connectivity index (χ1v) is 8.11. The van der Waals surface area contributed by atoms with E-state index >= 15 is 0 Å². The Bertz CT molecular complexity index is 832. The van der Waals surface area contributed by atoms with Gasteiger partial charge in [0.05, 0.1) is 5.56 Å². The Kier molecular flexibility index (Phi) is 4.64. The highest BCUT2D eigenvalue weighted by Crippen LogP contribution is 2.20. The SMILES string of the molecule is Cc1ncccc1C(=O)Nc1nnc(Cc2ccc(Cl)cc2)s1. The molecule has 23 heavy (non-hydrogen) atoms. The van der Waals surface area contributed by atoms with Crippen molar-refractivity contribution >= 4 is 34.0 Å². The van der Waals surface area contributed by atoms with Gasteiger partial charge in [-0.2, -0.15) is 0 Å². The van der Waals surface area contributed by atoms with E-state index in [-0.39, 0.29) is 5.91 Å². The molecule has 3 aromatic rings. The first kappa shape index (κ1) is 15.6. The molecule has 0 atom stereocenters. The standard InChI is InChI=1S/C16H13ClN4OS/c1-10-13(3-2-8-18-10)15(22)19-16-21-20-14(23-16)9-11-4-6-12(17)7-5-11/h2-8H,9H2,1H3,(H,19,21,22). The van der Waals surface area contributed by atoms with Crippen molar-refractivity contribution in [3.8, 4) is 0 Å². The van der Waals surface area contributed by atoms with Crippen molar-refractivity contribution in [2.24, 2.45) is 0 Å². The normalized spacial score (nSPS) is 10.5. The maximum absolute atomic E-state index is 12.2. The summed E-state index contributed by atoms with van der Waals surface area (Å²) in [5.74, 6) is -0.232. The molecule has 1 aromatic carbocycles. The summed E-state index contributed by atoms with van der Waals surface area (Å²) in [6.45, 7) is 1.79. The second kappa shape index (κ2) is 6.85. The van der Waals surface area contributed by atoms with Crippen molar-refractivity contribution < 1.29 is 4.79 Å². The van der Waals surface area contributed by atoms with Crippen molar-refractivity contribution in [2.45, 2.75) is 13.3 Å². The number of nitrogens with one attached hydrogen (secondary N) is 1. The summed E-state index contributed by atoms with van der Waals surface area (Å²) < 4.78 is 0. The van der Waals surface area contributed by atoms with E-state index in [1.165, 1.54) is 11.3 Å². The number of pyridine rings is 1. The third kappa shape index (κ3) is 3.91. The van der Waals surface area contributed by atoms with Crippen LogP contribution in [0.25, 0.3) is 0 Å². The zero-order valence-corrected chi connectivity index (χ0v) is 13.9. The van der Waals surface area contributed by atoms with E-state index in [2.05, 4.69) is 20.5 Å². The van der Waals surface area contributed by atoms with E-state index in [1.54, 1.807) is 25.3 Å². The van der Waals surface area contributed by atoms with Crippen LogP contribution in [0.2, 0.25) is 5.02 Å². The van der Waals surface area contributed by atoms with E-state index in [0.717, 1.165) is 10.6 Å². The van der Waals surface area contributed by atoms with Gasteiger partial charge in [-0.3, -0.25) is 15.1 Å². The molecule has 0 unspecified atom stereocenters. The van der Waals surface area contributed by atoms with Crippen LogP contribution in [-0.2, 0) is 6.42 Å². The maximum atomic E-state index is 12.2. The predicted molar refractivity (Wildman–Crippen MR) is 91.1 cm³/mol. The number of rotatable bonds is 4. The fraction of sp³-hybridized carbons (Fsp3) is 0.125. The predicted octanol–water partition coefficient (Wildman–Crippen LogP) is 3.74. The number of hydrogen-bond donors (Lipinski definition) is 1. The number of hydrogen-bond acceptors (Lipinski definition) is 5. The average Bonchev–Trinajstić information content (AvgIpc) is 2.97. The average molecular weight is 345 g/mol. The Morgan fingerprint density at radius 3 is 2.74 bits per heavy atom. The van der Waals surface area contributed by atoms with Crippen LogP contribution in [0.15, 0.2) is 42.6 Å². The zero-order chi connectivity index (χ0) is 16.2. The Balaban J connectivity index is 1.69. The second-order valence-electron chi connectivity index (χ2n) is 4.89. The number of aromatic nitrogens is 3.